The van der Waals surface area contributed by atoms with Crippen LogP contribution in [0, 0.1) is 0 Å². The molecule has 0 saturated heterocycles. The van der Waals surface area contributed by atoms with E-state index in [-0.39, 0.29) is 0 Å². The Bertz CT molecular complexity index is 851. The van der Waals surface area contributed by atoms with Crippen molar-refractivity contribution in [1.82, 2.24) is 0 Å². The van der Waals surface area contributed by atoms with Gasteiger partial charge in [-0.25, -0.2) is 0 Å². The fraction of sp³-hybridized carbons (Fsp3) is 0.357. The Labute approximate surface area is 197 Å². The van der Waals surface area contributed by atoms with Crippen molar-refractivity contribution in [2.75, 3.05) is 18.0 Å². The largest absolute Gasteiger partial charge is 0.371 e. The van der Waals surface area contributed by atoms with Crippen molar-refractivity contribution in [2.24, 2.45) is 0 Å². The highest BCUT2D eigenvalue weighted by atomic mass is 32.2. The first-order valence-electron chi connectivity index (χ1n) is 11.8. The summed E-state index contributed by atoms with van der Waals surface area (Å²) in [6, 6.07) is 24.0. The molecule has 3 aromatic carbocycles. The molecule has 164 valence electrons. The zero-order chi connectivity index (χ0) is 22.1. The third-order valence-electron chi connectivity index (χ3n) is 5.41. The third kappa shape index (κ3) is 5.70. The van der Waals surface area contributed by atoms with Gasteiger partial charge in [-0.3, -0.25) is 0 Å². The number of nitrogens with zero attached hydrogens (tertiary/aromatic N) is 1. The zero-order valence-corrected chi connectivity index (χ0v) is 21.0. The number of benzene rings is 3. The van der Waals surface area contributed by atoms with E-state index in [1.54, 1.807) is 16.8 Å². The molecule has 31 heavy (non-hydrogen) atoms. The molecule has 0 fully saturated rings. The predicted molar refractivity (Wildman–Crippen MR) is 139 cm³/mol. The lowest BCUT2D eigenvalue weighted by molar-refractivity contribution is 0.634. The van der Waals surface area contributed by atoms with Crippen LogP contribution in [-0.4, -0.2) is 13.1 Å². The quantitative estimate of drug-likeness (QED) is 0.264. The highest BCUT2D eigenvalue weighted by Crippen LogP contribution is 2.47. The molecule has 3 aliphatic heterocycles. The first-order valence-corrected chi connectivity index (χ1v) is 13.4. The van der Waals surface area contributed by atoms with Crippen molar-refractivity contribution in [1.29, 1.82) is 0 Å². The topological polar surface area (TPSA) is 3.24 Å². The van der Waals surface area contributed by atoms with Crippen LogP contribution in [0.15, 0.2) is 86.3 Å². The second kappa shape index (κ2) is 12.3. The summed E-state index contributed by atoms with van der Waals surface area (Å²) in [5.41, 5.74) is 4.76. The van der Waals surface area contributed by atoms with Crippen LogP contribution in [0.2, 0.25) is 0 Å². The minimum absolute atomic E-state index is 1.28. The summed E-state index contributed by atoms with van der Waals surface area (Å²) in [7, 11) is 0. The summed E-state index contributed by atoms with van der Waals surface area (Å²) in [6.45, 7) is 10.6. The monoisotopic (exact) mass is 449 g/mol. The fourth-order valence-electron chi connectivity index (χ4n) is 4.18. The van der Waals surface area contributed by atoms with Crippen LogP contribution in [0.25, 0.3) is 0 Å². The lowest BCUT2D eigenvalue weighted by Gasteiger charge is -2.36. The summed E-state index contributed by atoms with van der Waals surface area (Å²) in [6.07, 6.45) is 5.27. The highest BCUT2D eigenvalue weighted by molar-refractivity contribution is 8.05. The molecule has 3 aromatic rings. The van der Waals surface area contributed by atoms with Crippen LogP contribution in [0.1, 0.15) is 51.7 Å². The fourth-order valence-corrected chi connectivity index (χ4v) is 6.42. The molecular weight excluding hydrogens is 414 g/mol. The molecule has 0 spiro atoms. The average Bonchev–Trinajstić information content (AvgIpc) is 2.86. The summed E-state index contributed by atoms with van der Waals surface area (Å²) in [5.74, 6) is 0. The molecule has 3 aliphatic rings. The van der Waals surface area contributed by atoms with Gasteiger partial charge in [0.15, 0.2) is 0 Å². The van der Waals surface area contributed by atoms with Gasteiger partial charge in [-0.15, -0.1) is 0 Å². The third-order valence-corrected chi connectivity index (χ3v) is 7.97. The van der Waals surface area contributed by atoms with E-state index in [2.05, 4.69) is 71.6 Å². The van der Waals surface area contributed by atoms with Gasteiger partial charge in [0.05, 0.1) is 0 Å². The molecule has 0 aromatic heterocycles. The molecule has 0 amide bonds. The Kier molecular flexibility index (Phi) is 9.42. The Balaban J connectivity index is 0.000000152. The van der Waals surface area contributed by atoms with E-state index in [4.69, 9.17) is 0 Å². The van der Waals surface area contributed by atoms with Crippen LogP contribution in [0.4, 0.5) is 5.69 Å². The molecule has 0 unspecified atom stereocenters. The Morgan fingerprint density at radius 2 is 0.935 bits per heavy atom. The number of aryl methyl sites for hydroxylation is 2. The highest BCUT2D eigenvalue weighted by Gasteiger charge is 2.22. The molecular formula is C28H35NS2. The number of hydrogen-bond donors (Lipinski definition) is 0. The maximum Gasteiger partial charge on any atom is 0.0431 e. The first kappa shape index (κ1) is 23.8. The number of rotatable bonds is 0. The van der Waals surface area contributed by atoms with Gasteiger partial charge in [0.2, 0.25) is 0 Å². The van der Waals surface area contributed by atoms with Crippen LogP contribution >= 0.6 is 23.5 Å². The maximum absolute atomic E-state index is 2.58. The molecule has 0 bridgehead atoms. The molecule has 6 rings (SSSR count). The summed E-state index contributed by atoms with van der Waals surface area (Å²) < 4.78 is 0. The van der Waals surface area contributed by atoms with Gasteiger partial charge in [-0.2, -0.15) is 0 Å². The van der Waals surface area contributed by atoms with Crippen molar-refractivity contribution in [2.45, 2.75) is 73.0 Å². The minimum atomic E-state index is 1.28. The Hall–Kier alpha value is -1.84. The van der Waals surface area contributed by atoms with Crippen LogP contribution < -0.4 is 4.90 Å². The van der Waals surface area contributed by atoms with Gasteiger partial charge in [0, 0.05) is 38.4 Å². The van der Waals surface area contributed by atoms with Gasteiger partial charge in [0.25, 0.3) is 0 Å². The average molecular weight is 450 g/mol. The molecule has 3 heteroatoms. The van der Waals surface area contributed by atoms with Crippen molar-refractivity contribution in [3.05, 3.63) is 77.9 Å². The first-order chi connectivity index (χ1) is 15.4. The zero-order valence-electron chi connectivity index (χ0n) is 19.4. The van der Waals surface area contributed by atoms with E-state index in [0.29, 0.717) is 0 Å². The van der Waals surface area contributed by atoms with Crippen molar-refractivity contribution >= 4 is 29.2 Å². The van der Waals surface area contributed by atoms with Crippen molar-refractivity contribution in [3.8, 4) is 0 Å². The van der Waals surface area contributed by atoms with Gasteiger partial charge in [-0.1, -0.05) is 93.7 Å². The van der Waals surface area contributed by atoms with Gasteiger partial charge < -0.3 is 4.90 Å². The molecule has 0 atom stereocenters. The van der Waals surface area contributed by atoms with Crippen LogP contribution in [-0.2, 0) is 12.8 Å². The predicted octanol–water partition coefficient (Wildman–Crippen LogP) is 8.74. The second-order valence-corrected chi connectivity index (χ2v) is 9.38. The van der Waals surface area contributed by atoms with Crippen molar-refractivity contribution < 1.29 is 0 Å². The molecule has 0 radical (unpaired) electrons. The van der Waals surface area contributed by atoms with Crippen LogP contribution in [0.5, 0.6) is 0 Å². The summed E-state index contributed by atoms with van der Waals surface area (Å²) >= 11 is 3.72. The molecule has 0 saturated carbocycles. The summed E-state index contributed by atoms with van der Waals surface area (Å²) in [4.78, 5) is 8.07. The minimum Gasteiger partial charge on any atom is -0.371 e. The van der Waals surface area contributed by atoms with Crippen LogP contribution in [0.3, 0.4) is 0 Å². The molecule has 0 N–H and O–H groups in total. The van der Waals surface area contributed by atoms with Crippen molar-refractivity contribution in [3.63, 3.8) is 0 Å². The summed E-state index contributed by atoms with van der Waals surface area (Å²) in [5, 5.41) is 0. The van der Waals surface area contributed by atoms with E-state index < -0.39 is 0 Å². The Morgan fingerprint density at radius 3 is 1.32 bits per heavy atom. The lowest BCUT2D eigenvalue weighted by atomic mass is 9.92. The maximum atomic E-state index is 2.58. The van der Waals surface area contributed by atoms with E-state index in [1.807, 2.05) is 51.2 Å². The number of para-hydroxylation sites is 1. The smallest absolute Gasteiger partial charge is 0.0431 e. The van der Waals surface area contributed by atoms with E-state index >= 15 is 0 Å². The standard InChI is InChI=1S/C12H15N.C12H8S2.2C2H6/c1-4-10-6-2-8-13-9-3-7-11(5-1)12(10)13;1-2-6-10-9(5-1)13-11-7-3-4-8-12(11)14-10;2*1-2/h1,4-5H,2-3,6-9H2;1-8H;2*1-2H3. The van der Waals surface area contributed by atoms with E-state index in [1.165, 1.54) is 58.4 Å². The molecule has 0 aliphatic carbocycles. The number of anilines is 1. The molecule has 1 nitrogen and oxygen atoms in total. The SMILES string of the molecule is CC.CC.c1cc2c3c(c1)CCCN3CCC2.c1ccc2c(c1)Sc1ccccc1S2. The second-order valence-electron chi connectivity index (χ2n) is 7.22. The van der Waals surface area contributed by atoms with Gasteiger partial charge >= 0.3 is 0 Å². The lowest BCUT2D eigenvalue weighted by Crippen LogP contribution is -2.34. The van der Waals surface area contributed by atoms with Gasteiger partial charge in [0.1, 0.15) is 0 Å². The normalized spacial score (nSPS) is 14.6. The van der Waals surface area contributed by atoms with E-state index in [0.717, 1.165) is 0 Å². The van der Waals surface area contributed by atoms with E-state index in [9.17, 15) is 0 Å². The molecule has 3 heterocycles. The number of fused-ring (bicyclic) bond motifs is 2. The van der Waals surface area contributed by atoms with Gasteiger partial charge in [-0.05, 0) is 61.1 Å². The Morgan fingerprint density at radius 1 is 0.548 bits per heavy atom. The number of hydrogen-bond acceptors (Lipinski definition) is 3.